The second-order valence-electron chi connectivity index (χ2n) is 7.77. The van der Waals surface area contributed by atoms with Crippen molar-refractivity contribution >= 4 is 11.9 Å². The molecular formula is C24H36O6. The van der Waals surface area contributed by atoms with Gasteiger partial charge in [-0.2, -0.15) is 0 Å². The van der Waals surface area contributed by atoms with Crippen LogP contribution in [0.4, 0.5) is 0 Å². The molecule has 0 aliphatic carbocycles. The molecule has 0 heterocycles. The van der Waals surface area contributed by atoms with Crippen molar-refractivity contribution in [2.45, 2.75) is 72.3 Å². The molecule has 0 radical (unpaired) electrons. The molecule has 0 aliphatic rings. The number of aliphatic carboxylic acids is 2. The molecular weight excluding hydrogens is 384 g/mol. The second-order valence-corrected chi connectivity index (χ2v) is 7.77. The summed E-state index contributed by atoms with van der Waals surface area (Å²) in [5.41, 5.74) is 0.651. The van der Waals surface area contributed by atoms with Crippen LogP contribution in [0, 0.1) is 5.41 Å². The van der Waals surface area contributed by atoms with Crippen LogP contribution < -0.4 is 4.74 Å². The van der Waals surface area contributed by atoms with Gasteiger partial charge in [-0.1, -0.05) is 43.9 Å². The first-order chi connectivity index (χ1) is 14.3. The lowest BCUT2D eigenvalue weighted by Crippen LogP contribution is -2.39. The van der Waals surface area contributed by atoms with Crippen molar-refractivity contribution in [3.63, 3.8) is 0 Å². The van der Waals surface area contributed by atoms with Crippen molar-refractivity contribution in [3.05, 3.63) is 41.0 Å². The molecule has 1 aromatic carbocycles. The van der Waals surface area contributed by atoms with Crippen LogP contribution in [-0.2, 0) is 20.9 Å². The first-order valence-electron chi connectivity index (χ1n) is 10.6. The number of carboxylic acid groups (broad SMARTS) is 2. The van der Waals surface area contributed by atoms with E-state index < -0.39 is 17.4 Å². The fraction of sp³-hybridized carbons (Fsp3) is 0.583. The third-order valence-electron chi connectivity index (χ3n) is 5.65. The van der Waals surface area contributed by atoms with Crippen molar-refractivity contribution in [3.8, 4) is 5.75 Å². The number of methoxy groups -OCH3 is 1. The van der Waals surface area contributed by atoms with Crippen molar-refractivity contribution in [1.82, 2.24) is 0 Å². The highest BCUT2D eigenvalue weighted by atomic mass is 16.5. The molecule has 1 aromatic rings. The first-order valence-corrected chi connectivity index (χ1v) is 10.6. The number of benzene rings is 1. The lowest BCUT2D eigenvalue weighted by molar-refractivity contribution is -0.160. The summed E-state index contributed by atoms with van der Waals surface area (Å²) in [5.74, 6) is -1.77. The Labute approximate surface area is 179 Å². The third-order valence-corrected chi connectivity index (χ3v) is 5.65. The molecule has 0 saturated heterocycles. The Morgan fingerprint density at radius 1 is 0.967 bits per heavy atom. The summed E-state index contributed by atoms with van der Waals surface area (Å²) >= 11 is 0. The molecule has 0 aromatic heterocycles. The van der Waals surface area contributed by atoms with E-state index in [9.17, 15) is 19.8 Å². The highest BCUT2D eigenvalue weighted by molar-refractivity contribution is 6.01. The minimum atomic E-state index is -1.85. The summed E-state index contributed by atoms with van der Waals surface area (Å²) in [6.07, 6.45) is 5.89. The fourth-order valence-corrected chi connectivity index (χ4v) is 3.40. The quantitative estimate of drug-likeness (QED) is 0.222. The molecule has 6 nitrogen and oxygen atoms in total. The van der Waals surface area contributed by atoms with Crippen molar-refractivity contribution in [2.24, 2.45) is 5.41 Å². The van der Waals surface area contributed by atoms with Gasteiger partial charge in [0, 0.05) is 6.61 Å². The van der Waals surface area contributed by atoms with Gasteiger partial charge in [0.15, 0.2) is 5.41 Å². The van der Waals surface area contributed by atoms with Gasteiger partial charge < -0.3 is 19.7 Å². The molecule has 0 bridgehead atoms. The third kappa shape index (κ3) is 7.48. The summed E-state index contributed by atoms with van der Waals surface area (Å²) in [4.78, 5) is 23.3. The van der Waals surface area contributed by atoms with Gasteiger partial charge in [-0.05, 0) is 62.8 Å². The van der Waals surface area contributed by atoms with Gasteiger partial charge in [0.25, 0.3) is 0 Å². The van der Waals surface area contributed by atoms with Crippen LogP contribution in [0.3, 0.4) is 0 Å². The maximum atomic E-state index is 11.7. The smallest absolute Gasteiger partial charge is 0.324 e. The average molecular weight is 421 g/mol. The number of ether oxygens (including phenoxy) is 2. The van der Waals surface area contributed by atoms with Crippen molar-refractivity contribution in [1.29, 1.82) is 0 Å². The molecule has 0 saturated carbocycles. The normalized spacial score (nSPS) is 12.4. The van der Waals surface area contributed by atoms with Crippen LogP contribution in [0.25, 0.3) is 0 Å². The zero-order valence-electron chi connectivity index (χ0n) is 18.7. The number of unbranched alkanes of at least 4 members (excludes halogenated alkanes) is 4. The van der Waals surface area contributed by atoms with Crippen LogP contribution in [0.15, 0.2) is 35.4 Å². The minimum Gasteiger partial charge on any atom is -0.497 e. The Morgan fingerprint density at radius 3 is 2.07 bits per heavy atom. The van der Waals surface area contributed by atoms with Gasteiger partial charge in [0.2, 0.25) is 0 Å². The standard InChI is InChI=1S/C24H36O6/c1-5-18(2)21(24(3,22(25)26)23(27)28)11-9-7-6-8-10-16-30-17-19-12-14-20(29-4)15-13-19/h12-15H,5-11,16-17H2,1-4H3,(H,25,26)(H,27,28). The van der Waals surface area contributed by atoms with Crippen molar-refractivity contribution in [2.75, 3.05) is 13.7 Å². The fourth-order valence-electron chi connectivity index (χ4n) is 3.40. The molecule has 0 spiro atoms. The molecule has 30 heavy (non-hydrogen) atoms. The van der Waals surface area contributed by atoms with Crippen LogP contribution in [0.5, 0.6) is 5.75 Å². The van der Waals surface area contributed by atoms with E-state index >= 15 is 0 Å². The van der Waals surface area contributed by atoms with Crippen molar-refractivity contribution < 1.29 is 29.3 Å². The van der Waals surface area contributed by atoms with E-state index in [-0.39, 0.29) is 0 Å². The number of rotatable bonds is 15. The molecule has 2 N–H and O–H groups in total. The Balaban J connectivity index is 2.32. The Bertz CT molecular complexity index is 691. The van der Waals surface area contributed by atoms with Gasteiger partial charge in [0.05, 0.1) is 13.7 Å². The number of hydrogen-bond acceptors (Lipinski definition) is 4. The van der Waals surface area contributed by atoms with E-state index in [1.54, 1.807) is 7.11 Å². The first kappa shape index (κ1) is 25.7. The zero-order chi connectivity index (χ0) is 22.6. The Morgan fingerprint density at radius 2 is 1.53 bits per heavy atom. The number of allylic oxidation sites excluding steroid dienone is 1. The predicted molar refractivity (Wildman–Crippen MR) is 117 cm³/mol. The summed E-state index contributed by atoms with van der Waals surface area (Å²) in [6, 6.07) is 7.82. The van der Waals surface area contributed by atoms with Gasteiger partial charge in [-0.3, -0.25) is 9.59 Å². The zero-order valence-corrected chi connectivity index (χ0v) is 18.7. The number of carboxylic acids is 2. The summed E-state index contributed by atoms with van der Waals surface area (Å²) < 4.78 is 10.8. The highest BCUT2D eigenvalue weighted by Gasteiger charge is 2.45. The molecule has 1 rings (SSSR count). The maximum Gasteiger partial charge on any atom is 0.324 e. The van der Waals surface area contributed by atoms with Gasteiger partial charge >= 0.3 is 11.9 Å². The molecule has 0 aliphatic heterocycles. The Hall–Kier alpha value is -2.34. The van der Waals surface area contributed by atoms with E-state index in [1.165, 1.54) is 6.92 Å². The van der Waals surface area contributed by atoms with Gasteiger partial charge in [-0.15, -0.1) is 0 Å². The molecule has 0 fully saturated rings. The van der Waals surface area contributed by atoms with Crippen LogP contribution in [0.1, 0.15) is 71.3 Å². The monoisotopic (exact) mass is 420 g/mol. The molecule has 6 heteroatoms. The molecule has 168 valence electrons. The second kappa shape index (κ2) is 13.1. The predicted octanol–water partition coefficient (Wildman–Crippen LogP) is 5.45. The summed E-state index contributed by atoms with van der Waals surface area (Å²) in [6.45, 7) is 6.33. The molecule has 0 amide bonds. The van der Waals surface area contributed by atoms with Crippen LogP contribution in [-0.4, -0.2) is 35.9 Å². The topological polar surface area (TPSA) is 93.1 Å². The largest absolute Gasteiger partial charge is 0.497 e. The lowest BCUT2D eigenvalue weighted by Gasteiger charge is -2.26. The summed E-state index contributed by atoms with van der Waals surface area (Å²) in [5, 5.41) is 19.0. The SMILES string of the molecule is CCC(C)=C(CCCCCCCOCc1ccc(OC)cc1)C(C)(C(=O)O)C(=O)O. The van der Waals surface area contributed by atoms with E-state index in [1.807, 2.05) is 38.1 Å². The summed E-state index contributed by atoms with van der Waals surface area (Å²) in [7, 11) is 1.64. The average Bonchev–Trinajstić information content (AvgIpc) is 2.74. The van der Waals surface area contributed by atoms with Gasteiger partial charge in [-0.25, -0.2) is 0 Å². The highest BCUT2D eigenvalue weighted by Crippen LogP contribution is 2.35. The van der Waals surface area contributed by atoms with E-state index in [4.69, 9.17) is 9.47 Å². The van der Waals surface area contributed by atoms with E-state index in [0.29, 0.717) is 31.6 Å². The van der Waals surface area contributed by atoms with Crippen LogP contribution in [0.2, 0.25) is 0 Å². The van der Waals surface area contributed by atoms with E-state index in [0.717, 1.165) is 49.0 Å². The minimum absolute atomic E-state index is 0.503. The van der Waals surface area contributed by atoms with Gasteiger partial charge in [0.1, 0.15) is 5.75 Å². The number of carbonyl (C=O) groups is 2. The van der Waals surface area contributed by atoms with E-state index in [2.05, 4.69) is 0 Å². The molecule has 0 atom stereocenters. The number of hydrogen-bond donors (Lipinski definition) is 2. The van der Waals surface area contributed by atoms with Crippen LogP contribution >= 0.6 is 0 Å². The Kier molecular flexibility index (Phi) is 11.2. The lowest BCUT2D eigenvalue weighted by atomic mass is 9.76. The molecule has 0 unspecified atom stereocenters. The maximum absolute atomic E-state index is 11.7.